The molecule has 0 spiro atoms. The van der Waals surface area contributed by atoms with Gasteiger partial charge in [0.1, 0.15) is 5.69 Å². The van der Waals surface area contributed by atoms with Gasteiger partial charge in [0.15, 0.2) is 11.4 Å². The maximum atomic E-state index is 12.8. The van der Waals surface area contributed by atoms with Gasteiger partial charge in [0.25, 0.3) is 6.43 Å². The van der Waals surface area contributed by atoms with Gasteiger partial charge in [-0.2, -0.15) is 0 Å². The van der Waals surface area contributed by atoms with E-state index in [0.29, 0.717) is 6.07 Å². The molecule has 0 bridgehead atoms. The lowest BCUT2D eigenvalue weighted by Crippen LogP contribution is -2.21. The smallest absolute Gasteiger partial charge is 0.461 e. The molecule has 1 aromatic heterocycles. The summed E-state index contributed by atoms with van der Waals surface area (Å²) < 4.78 is 70.5. The van der Waals surface area contributed by atoms with Crippen LogP contribution in [0.15, 0.2) is 6.07 Å². The summed E-state index contributed by atoms with van der Waals surface area (Å²) >= 11 is 5.39. The number of pyridine rings is 1. The Bertz CT molecular complexity index is 521. The van der Waals surface area contributed by atoms with Crippen LogP contribution in [-0.2, 0) is 10.6 Å². The predicted molar refractivity (Wildman–Crippen MR) is 61.4 cm³/mol. The van der Waals surface area contributed by atoms with E-state index in [4.69, 9.17) is 11.6 Å². The largest absolute Gasteiger partial charge is 0.573 e. The molecule has 0 saturated carbocycles. The van der Waals surface area contributed by atoms with Crippen LogP contribution in [0.2, 0.25) is 0 Å². The SMILES string of the molecule is CCOC(=O)c1nc(C(F)F)c(CCl)cc1OC(F)(F)F. The molecule has 0 amide bonds. The van der Waals surface area contributed by atoms with Crippen LogP contribution in [0, 0.1) is 0 Å². The van der Waals surface area contributed by atoms with Crippen LogP contribution in [-0.4, -0.2) is 23.9 Å². The number of ether oxygens (including phenoxy) is 2. The minimum absolute atomic E-state index is 0.173. The highest BCUT2D eigenvalue weighted by Gasteiger charge is 2.35. The van der Waals surface area contributed by atoms with E-state index in [1.165, 1.54) is 6.92 Å². The van der Waals surface area contributed by atoms with Crippen molar-refractivity contribution in [3.05, 3.63) is 23.0 Å². The molecule has 0 N–H and O–H groups in total. The van der Waals surface area contributed by atoms with Gasteiger partial charge in [0, 0.05) is 5.88 Å². The molecule has 0 radical (unpaired) electrons. The van der Waals surface area contributed by atoms with Crippen LogP contribution in [0.1, 0.15) is 35.1 Å². The van der Waals surface area contributed by atoms with Crippen LogP contribution in [0.3, 0.4) is 0 Å². The van der Waals surface area contributed by atoms with Crippen LogP contribution in [0.5, 0.6) is 5.75 Å². The van der Waals surface area contributed by atoms with Crippen molar-refractivity contribution in [2.75, 3.05) is 6.61 Å². The average molecular weight is 334 g/mol. The Morgan fingerprint density at radius 3 is 2.48 bits per heavy atom. The Morgan fingerprint density at radius 2 is 2.05 bits per heavy atom. The lowest BCUT2D eigenvalue weighted by Gasteiger charge is -2.15. The summed E-state index contributed by atoms with van der Waals surface area (Å²) in [6.45, 7) is 1.22. The third-order valence-corrected chi connectivity index (χ3v) is 2.43. The third kappa shape index (κ3) is 4.69. The molecule has 10 heteroatoms. The van der Waals surface area contributed by atoms with Crippen molar-refractivity contribution in [2.45, 2.75) is 25.6 Å². The van der Waals surface area contributed by atoms with E-state index in [0.717, 1.165) is 0 Å². The summed E-state index contributed by atoms with van der Waals surface area (Å²) in [5.41, 5.74) is -2.26. The zero-order valence-electron chi connectivity index (χ0n) is 10.5. The van der Waals surface area contributed by atoms with Crippen LogP contribution in [0.25, 0.3) is 0 Å². The Labute approximate surface area is 120 Å². The fourth-order valence-corrected chi connectivity index (χ4v) is 1.61. The first kappa shape index (κ1) is 17.4. The van der Waals surface area contributed by atoms with Gasteiger partial charge < -0.3 is 9.47 Å². The normalized spacial score (nSPS) is 11.6. The van der Waals surface area contributed by atoms with Crippen molar-refractivity contribution >= 4 is 17.6 Å². The second kappa shape index (κ2) is 6.88. The molecule has 118 valence electrons. The molecule has 1 heterocycles. The topological polar surface area (TPSA) is 48.4 Å². The fraction of sp³-hybridized carbons (Fsp3) is 0.455. The maximum absolute atomic E-state index is 12.8. The number of esters is 1. The highest BCUT2D eigenvalue weighted by atomic mass is 35.5. The van der Waals surface area contributed by atoms with Gasteiger partial charge in [0.05, 0.1) is 6.61 Å². The number of halogens is 6. The van der Waals surface area contributed by atoms with E-state index in [9.17, 15) is 26.7 Å². The number of carbonyl (C=O) groups is 1. The van der Waals surface area contributed by atoms with Gasteiger partial charge in [-0.25, -0.2) is 18.6 Å². The van der Waals surface area contributed by atoms with Crippen molar-refractivity contribution in [3.8, 4) is 5.75 Å². The maximum Gasteiger partial charge on any atom is 0.573 e. The highest BCUT2D eigenvalue weighted by Crippen LogP contribution is 2.32. The molecule has 1 rings (SSSR count). The summed E-state index contributed by atoms with van der Waals surface area (Å²) in [4.78, 5) is 14.7. The molecule has 4 nitrogen and oxygen atoms in total. The summed E-state index contributed by atoms with van der Waals surface area (Å²) in [6.07, 6.45) is -8.24. The second-order valence-electron chi connectivity index (χ2n) is 3.58. The van der Waals surface area contributed by atoms with Crippen LogP contribution in [0.4, 0.5) is 22.0 Å². The van der Waals surface area contributed by atoms with Crippen LogP contribution >= 0.6 is 11.6 Å². The number of alkyl halides is 6. The first-order valence-corrected chi connectivity index (χ1v) is 6.03. The number of aromatic nitrogens is 1. The van der Waals surface area contributed by atoms with Gasteiger partial charge in [0.2, 0.25) is 0 Å². The first-order valence-electron chi connectivity index (χ1n) is 5.50. The van der Waals surface area contributed by atoms with Crippen molar-refractivity contribution in [1.29, 1.82) is 0 Å². The van der Waals surface area contributed by atoms with Crippen molar-refractivity contribution in [3.63, 3.8) is 0 Å². The van der Waals surface area contributed by atoms with E-state index < -0.39 is 41.8 Å². The predicted octanol–water partition coefficient (Wildman–Crippen LogP) is 3.83. The minimum atomic E-state index is -5.13. The highest BCUT2D eigenvalue weighted by molar-refractivity contribution is 6.17. The lowest BCUT2D eigenvalue weighted by molar-refractivity contribution is -0.274. The van der Waals surface area contributed by atoms with Gasteiger partial charge in [-0.3, -0.25) is 0 Å². The van der Waals surface area contributed by atoms with Gasteiger partial charge in [-0.15, -0.1) is 24.8 Å². The molecule has 0 atom stereocenters. The molecule has 0 aromatic carbocycles. The average Bonchev–Trinajstić information content (AvgIpc) is 2.36. The number of hydrogen-bond donors (Lipinski definition) is 0. The number of hydrogen-bond acceptors (Lipinski definition) is 4. The summed E-state index contributed by atoms with van der Waals surface area (Å²) in [5, 5.41) is 0. The Balaban J connectivity index is 3.40. The molecule has 21 heavy (non-hydrogen) atoms. The molecule has 0 aliphatic rings. The molecular formula is C11H9ClF5NO3. The standard InChI is InChI=1S/C11H9ClF5NO3/c1-2-20-10(19)8-6(21-11(15,16)17)3-5(4-12)7(18-8)9(13)14/h3,9H,2,4H2,1H3. The minimum Gasteiger partial charge on any atom is -0.461 e. The number of nitrogens with zero attached hydrogens (tertiary/aromatic N) is 1. The van der Waals surface area contributed by atoms with E-state index in [2.05, 4.69) is 14.5 Å². The van der Waals surface area contributed by atoms with E-state index in [-0.39, 0.29) is 12.2 Å². The van der Waals surface area contributed by atoms with E-state index >= 15 is 0 Å². The lowest BCUT2D eigenvalue weighted by atomic mass is 10.1. The van der Waals surface area contributed by atoms with E-state index in [1.807, 2.05) is 0 Å². The number of carbonyl (C=O) groups excluding carboxylic acids is 1. The second-order valence-corrected chi connectivity index (χ2v) is 3.85. The Morgan fingerprint density at radius 1 is 1.43 bits per heavy atom. The van der Waals surface area contributed by atoms with Gasteiger partial charge >= 0.3 is 12.3 Å². The third-order valence-electron chi connectivity index (χ3n) is 2.15. The number of rotatable bonds is 5. The molecular weight excluding hydrogens is 325 g/mol. The Hall–Kier alpha value is -1.64. The van der Waals surface area contributed by atoms with Crippen molar-refractivity contribution in [1.82, 2.24) is 4.98 Å². The molecule has 1 aromatic rings. The fourth-order valence-electron chi connectivity index (χ4n) is 1.39. The summed E-state index contributed by atoms with van der Waals surface area (Å²) in [6, 6.07) is 0.598. The summed E-state index contributed by atoms with van der Waals surface area (Å²) in [7, 11) is 0. The quantitative estimate of drug-likeness (QED) is 0.467. The van der Waals surface area contributed by atoms with Gasteiger partial charge in [-0.1, -0.05) is 0 Å². The van der Waals surface area contributed by atoms with Gasteiger partial charge in [-0.05, 0) is 18.6 Å². The Kier molecular flexibility index (Phi) is 5.70. The molecule has 0 unspecified atom stereocenters. The van der Waals surface area contributed by atoms with Crippen molar-refractivity contribution in [2.24, 2.45) is 0 Å². The molecule has 0 fully saturated rings. The molecule has 0 saturated heterocycles. The van der Waals surface area contributed by atoms with Crippen LogP contribution < -0.4 is 4.74 Å². The monoisotopic (exact) mass is 333 g/mol. The van der Waals surface area contributed by atoms with E-state index in [1.54, 1.807) is 0 Å². The zero-order valence-corrected chi connectivity index (χ0v) is 11.3. The first-order chi connectivity index (χ1) is 9.69. The zero-order chi connectivity index (χ0) is 16.2. The molecule has 0 aliphatic carbocycles. The van der Waals surface area contributed by atoms with Crippen molar-refractivity contribution < 1.29 is 36.2 Å². The molecule has 0 aliphatic heterocycles. The summed E-state index contributed by atoms with van der Waals surface area (Å²) in [5.74, 6) is -2.87.